The molecule has 1 aliphatic heterocycles. The molecule has 1 aliphatic rings. The van der Waals surface area contributed by atoms with E-state index in [9.17, 15) is 13.5 Å². The topological polar surface area (TPSA) is 75.6 Å². The predicted octanol–water partition coefficient (Wildman–Crippen LogP) is 2.56. The lowest BCUT2D eigenvalue weighted by atomic mass is 9.88. The van der Waals surface area contributed by atoms with Crippen LogP contribution in [0, 0.1) is 6.92 Å². The van der Waals surface area contributed by atoms with Gasteiger partial charge in [0.05, 0.1) is 6.61 Å². The van der Waals surface area contributed by atoms with E-state index in [1.165, 1.54) is 6.08 Å². The molecule has 0 bridgehead atoms. The molecular weight excluding hydrogens is 338 g/mol. The van der Waals surface area contributed by atoms with Gasteiger partial charge in [0.15, 0.2) is 0 Å². The van der Waals surface area contributed by atoms with Crippen LogP contribution in [0.3, 0.4) is 0 Å². The summed E-state index contributed by atoms with van der Waals surface area (Å²) in [6, 6.07) is 14.7. The molecule has 0 aliphatic carbocycles. The van der Waals surface area contributed by atoms with Gasteiger partial charge in [-0.3, -0.25) is 0 Å². The first-order valence-electron chi connectivity index (χ1n) is 8.07. The second kappa shape index (κ2) is 7.00. The van der Waals surface area contributed by atoms with Gasteiger partial charge in [0.25, 0.3) is 0 Å². The molecule has 2 aromatic carbocycles. The summed E-state index contributed by atoms with van der Waals surface area (Å²) >= 11 is 0. The fourth-order valence-corrected chi connectivity index (χ4v) is 3.61. The number of aryl methyl sites for hydroxylation is 1. The number of nitrogens with one attached hydrogen (secondary N) is 1. The molecule has 0 fully saturated rings. The van der Waals surface area contributed by atoms with Gasteiger partial charge >= 0.3 is 0 Å². The molecule has 0 radical (unpaired) electrons. The molecular formula is C19H21NO4S. The first-order chi connectivity index (χ1) is 11.9. The number of fused-ring (bicyclic) bond motifs is 1. The number of para-hydroxylation sites is 1. The minimum Gasteiger partial charge on any atom is -0.493 e. The highest BCUT2D eigenvalue weighted by Crippen LogP contribution is 2.36. The number of hydrogen-bond acceptors (Lipinski definition) is 4. The van der Waals surface area contributed by atoms with E-state index in [4.69, 9.17) is 4.74 Å². The molecule has 5 nitrogen and oxygen atoms in total. The zero-order chi connectivity index (χ0) is 17.9. The summed E-state index contributed by atoms with van der Waals surface area (Å²) in [5, 5.41) is 12.0. The van der Waals surface area contributed by atoms with Gasteiger partial charge in [-0.1, -0.05) is 48.0 Å². The number of benzene rings is 2. The number of hydrogen-bond donors (Lipinski definition) is 2. The van der Waals surface area contributed by atoms with Crippen LogP contribution in [0.25, 0.3) is 6.08 Å². The number of ether oxygens (including phenoxy) is 1. The smallest absolute Gasteiger partial charge is 0.233 e. The lowest BCUT2D eigenvalue weighted by Crippen LogP contribution is -2.43. The van der Waals surface area contributed by atoms with Crippen molar-refractivity contribution < 1.29 is 18.3 Å². The van der Waals surface area contributed by atoms with Crippen LogP contribution >= 0.6 is 0 Å². The highest BCUT2D eigenvalue weighted by atomic mass is 32.2. The van der Waals surface area contributed by atoms with Gasteiger partial charge in [0, 0.05) is 23.9 Å². The Balaban J connectivity index is 1.71. The molecule has 1 heterocycles. The first kappa shape index (κ1) is 17.7. The van der Waals surface area contributed by atoms with Gasteiger partial charge in [-0.25, -0.2) is 13.1 Å². The van der Waals surface area contributed by atoms with Gasteiger partial charge in [-0.05, 0) is 24.6 Å². The van der Waals surface area contributed by atoms with Crippen LogP contribution in [0.4, 0.5) is 0 Å². The van der Waals surface area contributed by atoms with Crippen molar-refractivity contribution in [1.29, 1.82) is 0 Å². The third kappa shape index (κ3) is 4.28. The zero-order valence-corrected chi connectivity index (χ0v) is 14.8. The highest BCUT2D eigenvalue weighted by molar-refractivity contribution is 7.92. The Morgan fingerprint density at radius 2 is 1.92 bits per heavy atom. The maximum atomic E-state index is 12.2. The van der Waals surface area contributed by atoms with Gasteiger partial charge in [0.1, 0.15) is 11.4 Å². The standard InChI is InChI=1S/C19H21NO4S/c1-15-6-8-16(9-7-15)10-13-25(22,23)20-14-19(21)11-12-24-18-5-3-2-4-17(18)19/h2-10,13,20-21H,11-12,14H2,1H3. The molecule has 0 spiro atoms. The Kier molecular flexibility index (Phi) is 4.94. The van der Waals surface area contributed by atoms with Gasteiger partial charge in [0.2, 0.25) is 10.0 Å². The molecule has 2 N–H and O–H groups in total. The summed E-state index contributed by atoms with van der Waals surface area (Å²) < 4.78 is 32.4. The quantitative estimate of drug-likeness (QED) is 0.860. The SMILES string of the molecule is Cc1ccc(C=CS(=O)(=O)NCC2(O)CCOc3ccccc32)cc1. The van der Waals surface area contributed by atoms with Gasteiger partial charge in [-0.15, -0.1) is 0 Å². The van der Waals surface area contributed by atoms with Crippen LogP contribution in [0.2, 0.25) is 0 Å². The molecule has 1 unspecified atom stereocenters. The van der Waals surface area contributed by atoms with Crippen molar-refractivity contribution in [2.45, 2.75) is 18.9 Å². The van der Waals surface area contributed by atoms with E-state index in [1.807, 2.05) is 37.3 Å². The third-order valence-electron chi connectivity index (χ3n) is 4.24. The molecule has 25 heavy (non-hydrogen) atoms. The van der Waals surface area contributed by atoms with Crippen molar-refractivity contribution in [3.63, 3.8) is 0 Å². The average molecular weight is 359 g/mol. The monoisotopic (exact) mass is 359 g/mol. The van der Waals surface area contributed by atoms with Crippen molar-refractivity contribution in [2.24, 2.45) is 0 Å². The fourth-order valence-electron chi connectivity index (χ4n) is 2.74. The molecule has 132 valence electrons. The van der Waals surface area contributed by atoms with E-state index < -0.39 is 15.6 Å². The second-order valence-corrected chi connectivity index (χ2v) is 7.86. The van der Waals surface area contributed by atoms with Crippen molar-refractivity contribution in [3.05, 3.63) is 70.6 Å². The van der Waals surface area contributed by atoms with Crippen molar-refractivity contribution >= 4 is 16.1 Å². The van der Waals surface area contributed by atoms with E-state index in [-0.39, 0.29) is 6.54 Å². The zero-order valence-electron chi connectivity index (χ0n) is 14.0. The molecule has 2 aromatic rings. The molecule has 6 heteroatoms. The summed E-state index contributed by atoms with van der Waals surface area (Å²) in [5.41, 5.74) is 1.23. The maximum Gasteiger partial charge on any atom is 0.233 e. The van der Waals surface area contributed by atoms with Crippen molar-refractivity contribution in [3.8, 4) is 5.75 Å². The fraction of sp³-hybridized carbons (Fsp3) is 0.263. The van der Waals surface area contributed by atoms with Crippen LogP contribution in [0.5, 0.6) is 5.75 Å². The number of rotatable bonds is 5. The lowest BCUT2D eigenvalue weighted by molar-refractivity contribution is 0.00226. The Morgan fingerprint density at radius 1 is 1.20 bits per heavy atom. The van der Waals surface area contributed by atoms with E-state index in [0.29, 0.717) is 24.3 Å². The molecule has 0 aromatic heterocycles. The largest absolute Gasteiger partial charge is 0.493 e. The van der Waals surface area contributed by atoms with Crippen LogP contribution in [0.1, 0.15) is 23.1 Å². The second-order valence-electron chi connectivity index (χ2n) is 6.21. The van der Waals surface area contributed by atoms with Crippen molar-refractivity contribution in [2.75, 3.05) is 13.2 Å². The van der Waals surface area contributed by atoms with E-state index in [1.54, 1.807) is 18.2 Å². The number of sulfonamides is 1. The van der Waals surface area contributed by atoms with Crippen LogP contribution in [-0.4, -0.2) is 26.7 Å². The summed E-state index contributed by atoms with van der Waals surface area (Å²) in [7, 11) is -3.66. The Bertz CT molecular complexity index is 875. The molecule has 1 atom stereocenters. The normalized spacial score (nSPS) is 20.2. The van der Waals surface area contributed by atoms with Crippen LogP contribution in [0.15, 0.2) is 53.9 Å². The summed E-state index contributed by atoms with van der Waals surface area (Å²) in [5.74, 6) is 0.589. The Hall–Kier alpha value is -2.15. The minimum absolute atomic E-state index is 0.103. The Morgan fingerprint density at radius 3 is 2.68 bits per heavy atom. The van der Waals surface area contributed by atoms with Gasteiger partial charge in [-0.2, -0.15) is 0 Å². The average Bonchev–Trinajstić information content (AvgIpc) is 2.60. The maximum absolute atomic E-state index is 12.2. The first-order valence-corrected chi connectivity index (χ1v) is 9.62. The van der Waals surface area contributed by atoms with Gasteiger partial charge < -0.3 is 9.84 Å². The molecule has 0 saturated carbocycles. The molecule has 0 amide bonds. The lowest BCUT2D eigenvalue weighted by Gasteiger charge is -2.34. The summed E-state index contributed by atoms with van der Waals surface area (Å²) in [4.78, 5) is 0. The predicted molar refractivity (Wildman–Crippen MR) is 97.6 cm³/mol. The van der Waals surface area contributed by atoms with E-state index in [0.717, 1.165) is 16.5 Å². The molecule has 0 saturated heterocycles. The third-order valence-corrected chi connectivity index (χ3v) is 5.29. The highest BCUT2D eigenvalue weighted by Gasteiger charge is 2.36. The molecule has 3 rings (SSSR count). The van der Waals surface area contributed by atoms with E-state index >= 15 is 0 Å². The minimum atomic E-state index is -3.66. The van der Waals surface area contributed by atoms with Crippen molar-refractivity contribution in [1.82, 2.24) is 4.72 Å². The summed E-state index contributed by atoms with van der Waals surface area (Å²) in [6.07, 6.45) is 1.86. The van der Waals surface area contributed by atoms with E-state index in [2.05, 4.69) is 4.72 Å². The Labute approximate surface area is 148 Å². The van der Waals surface area contributed by atoms with Crippen LogP contribution in [-0.2, 0) is 15.6 Å². The summed E-state index contributed by atoms with van der Waals surface area (Å²) in [6.45, 7) is 2.21. The van der Waals surface area contributed by atoms with Crippen LogP contribution < -0.4 is 9.46 Å². The number of aliphatic hydroxyl groups is 1.